The normalized spacial score (nSPS) is 12.8. The molecule has 0 saturated heterocycles. The van der Waals surface area contributed by atoms with Gasteiger partial charge in [0.15, 0.2) is 0 Å². The first kappa shape index (κ1) is 21.5. The summed E-state index contributed by atoms with van der Waals surface area (Å²) in [5.41, 5.74) is -1.03. The van der Waals surface area contributed by atoms with Crippen LogP contribution in [0.4, 0.5) is 4.79 Å². The lowest BCUT2D eigenvalue weighted by Crippen LogP contribution is -2.58. The fraction of sp³-hybridized carbons (Fsp3) is 0.526. The number of hydrogen-bond acceptors (Lipinski definition) is 4. The second-order valence-electron chi connectivity index (χ2n) is 7.64. The number of aryl methyl sites for hydroxylation is 1. The molecule has 0 aromatic heterocycles. The van der Waals surface area contributed by atoms with Crippen LogP contribution in [0.2, 0.25) is 0 Å². The number of hydrogen-bond donors (Lipinski definition) is 3. The molecule has 0 aliphatic rings. The fourth-order valence-electron chi connectivity index (χ4n) is 2.17. The lowest BCUT2D eigenvalue weighted by molar-refractivity contribution is -0.142. The van der Waals surface area contributed by atoms with E-state index in [1.54, 1.807) is 20.8 Å². The van der Waals surface area contributed by atoms with Crippen LogP contribution in [0.3, 0.4) is 0 Å². The third kappa shape index (κ3) is 7.55. The number of rotatable bonds is 7. The molecule has 26 heavy (non-hydrogen) atoms. The van der Waals surface area contributed by atoms with Gasteiger partial charge in [-0.3, -0.25) is 4.79 Å². The van der Waals surface area contributed by atoms with Crippen molar-refractivity contribution in [1.29, 1.82) is 0 Å². The van der Waals surface area contributed by atoms with Crippen LogP contribution < -0.4 is 10.6 Å². The molecule has 0 spiro atoms. The minimum Gasteiger partial charge on any atom is -0.480 e. The second-order valence-corrected chi connectivity index (χ2v) is 7.64. The van der Waals surface area contributed by atoms with Gasteiger partial charge in [-0.2, -0.15) is 0 Å². The quantitative estimate of drug-likeness (QED) is 0.689. The maximum absolute atomic E-state index is 12.4. The third-order valence-electron chi connectivity index (χ3n) is 3.55. The predicted molar refractivity (Wildman–Crippen MR) is 97.8 cm³/mol. The van der Waals surface area contributed by atoms with Gasteiger partial charge >= 0.3 is 12.1 Å². The van der Waals surface area contributed by atoms with E-state index in [2.05, 4.69) is 10.6 Å². The van der Waals surface area contributed by atoms with Gasteiger partial charge in [-0.25, -0.2) is 9.59 Å². The SMILES string of the molecule is CC(C)(C)OC(=O)NC(C)(C)C(=O)N[C@H](CCc1ccccc1)C(=O)O. The summed E-state index contributed by atoms with van der Waals surface area (Å²) in [7, 11) is 0. The maximum Gasteiger partial charge on any atom is 0.408 e. The van der Waals surface area contributed by atoms with Crippen molar-refractivity contribution in [3.8, 4) is 0 Å². The summed E-state index contributed by atoms with van der Waals surface area (Å²) in [5.74, 6) is -1.72. The molecule has 0 aliphatic carbocycles. The Kier molecular flexibility index (Phi) is 7.18. The van der Waals surface area contributed by atoms with Crippen LogP contribution >= 0.6 is 0 Å². The van der Waals surface area contributed by atoms with Crippen LogP contribution in [0.15, 0.2) is 30.3 Å². The summed E-state index contributed by atoms with van der Waals surface area (Å²) in [4.78, 5) is 35.8. The van der Waals surface area contributed by atoms with Gasteiger partial charge in [-0.15, -0.1) is 0 Å². The number of aliphatic carboxylic acids is 1. The molecule has 1 aromatic rings. The van der Waals surface area contributed by atoms with Crippen LogP contribution in [0.5, 0.6) is 0 Å². The van der Waals surface area contributed by atoms with Gasteiger partial charge in [-0.05, 0) is 53.0 Å². The van der Waals surface area contributed by atoms with Crippen molar-refractivity contribution in [3.63, 3.8) is 0 Å². The Bertz CT molecular complexity index is 635. The molecule has 0 bridgehead atoms. The van der Waals surface area contributed by atoms with Crippen molar-refractivity contribution in [1.82, 2.24) is 10.6 Å². The van der Waals surface area contributed by atoms with Crippen molar-refractivity contribution in [2.75, 3.05) is 0 Å². The number of alkyl carbamates (subject to hydrolysis) is 1. The van der Waals surface area contributed by atoms with Crippen molar-refractivity contribution in [2.45, 2.75) is 64.6 Å². The topological polar surface area (TPSA) is 105 Å². The maximum atomic E-state index is 12.4. The Hall–Kier alpha value is -2.57. The van der Waals surface area contributed by atoms with Crippen LogP contribution in [-0.2, 0) is 20.7 Å². The molecular formula is C19H28N2O5. The highest BCUT2D eigenvalue weighted by Crippen LogP contribution is 2.11. The molecule has 0 heterocycles. The van der Waals surface area contributed by atoms with Crippen LogP contribution in [0.25, 0.3) is 0 Å². The molecule has 1 atom stereocenters. The monoisotopic (exact) mass is 364 g/mol. The number of ether oxygens (including phenoxy) is 1. The molecule has 3 N–H and O–H groups in total. The number of carboxylic acid groups (broad SMARTS) is 1. The van der Waals surface area contributed by atoms with Crippen LogP contribution in [-0.4, -0.2) is 40.3 Å². The first-order valence-electron chi connectivity index (χ1n) is 8.49. The van der Waals surface area contributed by atoms with Gasteiger partial charge in [0.1, 0.15) is 17.2 Å². The minimum absolute atomic E-state index is 0.244. The number of benzene rings is 1. The zero-order valence-corrected chi connectivity index (χ0v) is 16.0. The third-order valence-corrected chi connectivity index (χ3v) is 3.55. The van der Waals surface area contributed by atoms with Gasteiger partial charge in [0.2, 0.25) is 5.91 Å². The van der Waals surface area contributed by atoms with Gasteiger partial charge in [0, 0.05) is 0 Å². The Morgan fingerprint density at radius 3 is 2.15 bits per heavy atom. The van der Waals surface area contributed by atoms with Gasteiger partial charge in [0.25, 0.3) is 0 Å². The smallest absolute Gasteiger partial charge is 0.408 e. The van der Waals surface area contributed by atoms with E-state index in [1.165, 1.54) is 13.8 Å². The van der Waals surface area contributed by atoms with Gasteiger partial charge < -0.3 is 20.5 Å². The highest BCUT2D eigenvalue weighted by atomic mass is 16.6. The van der Waals surface area contributed by atoms with Crippen molar-refractivity contribution in [2.24, 2.45) is 0 Å². The molecule has 0 unspecified atom stereocenters. The lowest BCUT2D eigenvalue weighted by Gasteiger charge is -2.29. The van der Waals surface area contributed by atoms with E-state index >= 15 is 0 Å². The highest BCUT2D eigenvalue weighted by Gasteiger charge is 2.34. The molecule has 144 valence electrons. The number of carbonyl (C=O) groups excluding carboxylic acids is 2. The molecule has 7 nitrogen and oxygen atoms in total. The average molecular weight is 364 g/mol. The van der Waals surface area contributed by atoms with E-state index in [4.69, 9.17) is 4.74 Å². The number of amides is 2. The Balaban J connectivity index is 2.67. The molecule has 0 saturated carbocycles. The summed E-state index contributed by atoms with van der Waals surface area (Å²) in [6.45, 7) is 8.11. The number of carboxylic acids is 1. The average Bonchev–Trinajstić information content (AvgIpc) is 2.49. The summed E-state index contributed by atoms with van der Waals surface area (Å²) in [5, 5.41) is 14.3. The van der Waals surface area contributed by atoms with E-state index in [-0.39, 0.29) is 6.42 Å². The first-order chi connectivity index (χ1) is 11.9. The van der Waals surface area contributed by atoms with E-state index in [0.717, 1.165) is 5.56 Å². The molecule has 1 rings (SSSR count). The Morgan fingerprint density at radius 2 is 1.65 bits per heavy atom. The van der Waals surface area contributed by atoms with Gasteiger partial charge in [-0.1, -0.05) is 30.3 Å². The van der Waals surface area contributed by atoms with Crippen molar-refractivity contribution in [3.05, 3.63) is 35.9 Å². The molecule has 1 aromatic carbocycles. The number of carbonyl (C=O) groups is 3. The zero-order chi connectivity index (χ0) is 20.0. The highest BCUT2D eigenvalue weighted by molar-refractivity contribution is 5.92. The van der Waals surface area contributed by atoms with E-state index in [9.17, 15) is 19.5 Å². The summed E-state index contributed by atoms with van der Waals surface area (Å²) in [6.07, 6.45) is 0.0137. The summed E-state index contributed by atoms with van der Waals surface area (Å²) < 4.78 is 5.14. The molecule has 7 heteroatoms. The second kappa shape index (κ2) is 8.69. The zero-order valence-electron chi connectivity index (χ0n) is 16.0. The predicted octanol–water partition coefficient (Wildman–Crippen LogP) is 2.49. The van der Waals surface area contributed by atoms with E-state index in [0.29, 0.717) is 6.42 Å². The Labute approximate surface area is 154 Å². The first-order valence-corrected chi connectivity index (χ1v) is 8.49. The summed E-state index contributed by atoms with van der Waals surface area (Å²) in [6, 6.07) is 8.37. The van der Waals surface area contributed by atoms with Crippen LogP contribution in [0.1, 0.15) is 46.6 Å². The Morgan fingerprint density at radius 1 is 1.08 bits per heavy atom. The van der Waals surface area contributed by atoms with Crippen molar-refractivity contribution >= 4 is 18.0 Å². The van der Waals surface area contributed by atoms with Crippen LogP contribution in [0, 0.1) is 0 Å². The van der Waals surface area contributed by atoms with E-state index < -0.39 is 35.2 Å². The standard InChI is InChI=1S/C19H28N2O5/c1-18(2,3)26-17(25)21-19(4,5)16(24)20-14(15(22)23)12-11-13-9-7-6-8-10-13/h6-10,14H,11-12H2,1-5H3,(H,20,24)(H,21,25)(H,22,23)/t14-/m1/s1. The van der Waals surface area contributed by atoms with Crippen molar-refractivity contribution < 1.29 is 24.2 Å². The fourth-order valence-corrected chi connectivity index (χ4v) is 2.17. The minimum atomic E-state index is -1.32. The molecule has 0 aliphatic heterocycles. The number of nitrogens with one attached hydrogen (secondary N) is 2. The van der Waals surface area contributed by atoms with Gasteiger partial charge in [0.05, 0.1) is 0 Å². The molecular weight excluding hydrogens is 336 g/mol. The molecule has 2 amide bonds. The molecule has 0 radical (unpaired) electrons. The molecule has 0 fully saturated rings. The lowest BCUT2D eigenvalue weighted by atomic mass is 10.0. The largest absolute Gasteiger partial charge is 0.480 e. The summed E-state index contributed by atoms with van der Waals surface area (Å²) >= 11 is 0. The van der Waals surface area contributed by atoms with E-state index in [1.807, 2.05) is 30.3 Å².